The molecule has 2 aromatic rings. The van der Waals surface area contributed by atoms with Crippen LogP contribution in [0.25, 0.3) is 0 Å². The predicted octanol–water partition coefficient (Wildman–Crippen LogP) is 4.56. The molecule has 0 aliphatic heterocycles. The summed E-state index contributed by atoms with van der Waals surface area (Å²) in [5.74, 6) is 0.780. The Morgan fingerprint density at radius 3 is 2.62 bits per heavy atom. The summed E-state index contributed by atoms with van der Waals surface area (Å²) in [6.07, 6.45) is 0. The van der Waals surface area contributed by atoms with Gasteiger partial charge in [0.1, 0.15) is 18.2 Å². The Morgan fingerprint density at radius 2 is 1.92 bits per heavy atom. The maximum Gasteiger partial charge on any atom is 0.230 e. The summed E-state index contributed by atoms with van der Waals surface area (Å²) in [5.41, 5.74) is 0.419. The van der Waals surface area contributed by atoms with Crippen LogP contribution in [0.3, 0.4) is 0 Å². The highest BCUT2D eigenvalue weighted by molar-refractivity contribution is 7.99. The van der Waals surface area contributed by atoms with Gasteiger partial charge in [0.2, 0.25) is 5.91 Å². The zero-order valence-electron chi connectivity index (χ0n) is 12.7. The van der Waals surface area contributed by atoms with Gasteiger partial charge in [0, 0.05) is 21.4 Å². The van der Waals surface area contributed by atoms with Gasteiger partial charge in [-0.25, -0.2) is 4.39 Å². The second-order valence-corrected chi connectivity index (χ2v) is 6.67. The Labute approximate surface area is 154 Å². The molecule has 0 fully saturated rings. The van der Waals surface area contributed by atoms with Crippen LogP contribution in [0.5, 0.6) is 5.75 Å². The molecule has 0 unspecified atom stereocenters. The fourth-order valence-corrected chi connectivity index (χ4v) is 3.18. The van der Waals surface area contributed by atoms with E-state index >= 15 is 0 Å². The number of carbonyl (C=O) groups excluding carboxylic acids is 1. The highest BCUT2D eigenvalue weighted by Gasteiger charge is 2.08. The first kappa shape index (κ1) is 18.9. The maximum absolute atomic E-state index is 13.6. The van der Waals surface area contributed by atoms with E-state index in [1.54, 1.807) is 36.4 Å². The normalized spacial score (nSPS) is 10.5. The van der Waals surface area contributed by atoms with Crippen molar-refractivity contribution in [1.29, 1.82) is 0 Å². The molecule has 0 saturated carbocycles. The van der Waals surface area contributed by atoms with Gasteiger partial charge in [-0.05, 0) is 36.4 Å². The van der Waals surface area contributed by atoms with E-state index in [9.17, 15) is 9.18 Å². The third-order valence-corrected chi connectivity index (χ3v) is 4.61. The monoisotopic (exact) mass is 387 g/mol. The number of thioether (sulfide) groups is 1. The van der Waals surface area contributed by atoms with E-state index in [1.165, 1.54) is 17.8 Å². The van der Waals surface area contributed by atoms with E-state index < -0.39 is 0 Å². The van der Waals surface area contributed by atoms with Gasteiger partial charge < -0.3 is 10.1 Å². The van der Waals surface area contributed by atoms with Crippen LogP contribution in [-0.4, -0.2) is 24.8 Å². The van der Waals surface area contributed by atoms with Crippen LogP contribution in [0.1, 0.15) is 5.56 Å². The van der Waals surface area contributed by atoms with Gasteiger partial charge >= 0.3 is 0 Å². The van der Waals surface area contributed by atoms with Crippen molar-refractivity contribution in [2.45, 2.75) is 5.75 Å². The molecule has 0 heterocycles. The summed E-state index contributed by atoms with van der Waals surface area (Å²) in [6, 6.07) is 11.5. The maximum atomic E-state index is 13.6. The first-order chi connectivity index (χ1) is 11.6. The zero-order valence-corrected chi connectivity index (χ0v) is 15.1. The molecule has 0 aromatic heterocycles. The molecule has 2 rings (SSSR count). The van der Waals surface area contributed by atoms with E-state index in [-0.39, 0.29) is 17.5 Å². The van der Waals surface area contributed by atoms with Gasteiger partial charge in [-0.2, -0.15) is 0 Å². The van der Waals surface area contributed by atoms with Crippen LogP contribution in [0.2, 0.25) is 10.0 Å². The smallest absolute Gasteiger partial charge is 0.230 e. The van der Waals surface area contributed by atoms with E-state index in [4.69, 9.17) is 27.9 Å². The number of benzene rings is 2. The number of nitrogens with one attached hydrogen (secondary N) is 1. The standard InChI is InChI=1S/C17H16Cl2FNO2S/c18-12-4-6-13(7-5-12)23-9-8-21-17(22)11-24-10-14-15(19)2-1-3-16(14)20/h1-7H,8-11H2,(H,21,22). The number of hydrogen-bond donors (Lipinski definition) is 1. The molecule has 24 heavy (non-hydrogen) atoms. The molecule has 0 bridgehead atoms. The highest BCUT2D eigenvalue weighted by atomic mass is 35.5. The lowest BCUT2D eigenvalue weighted by molar-refractivity contribution is -0.118. The third-order valence-electron chi connectivity index (χ3n) is 3.05. The van der Waals surface area contributed by atoms with E-state index in [0.29, 0.717) is 40.3 Å². The molecule has 2 aromatic carbocycles. The Kier molecular flexibility index (Phi) is 7.69. The fraction of sp³-hybridized carbons (Fsp3) is 0.235. The SMILES string of the molecule is O=C(CSCc1c(F)cccc1Cl)NCCOc1ccc(Cl)cc1. The minimum absolute atomic E-state index is 0.132. The van der Waals surface area contributed by atoms with Crippen LogP contribution in [0.4, 0.5) is 4.39 Å². The van der Waals surface area contributed by atoms with Crippen LogP contribution in [-0.2, 0) is 10.5 Å². The first-order valence-corrected chi connectivity index (χ1v) is 9.13. The first-order valence-electron chi connectivity index (χ1n) is 7.22. The number of hydrogen-bond acceptors (Lipinski definition) is 3. The minimum Gasteiger partial charge on any atom is -0.492 e. The van der Waals surface area contributed by atoms with Crippen molar-refractivity contribution in [3.8, 4) is 5.75 Å². The minimum atomic E-state index is -0.355. The summed E-state index contributed by atoms with van der Waals surface area (Å²) in [5, 5.41) is 3.76. The average Bonchev–Trinajstić information content (AvgIpc) is 2.56. The Bertz CT molecular complexity index is 663. The molecule has 0 atom stereocenters. The molecule has 1 amide bonds. The van der Waals surface area contributed by atoms with Crippen molar-refractivity contribution in [3.05, 3.63) is 63.9 Å². The van der Waals surface area contributed by atoms with Crippen LogP contribution < -0.4 is 10.1 Å². The molecule has 0 aliphatic rings. The number of rotatable bonds is 8. The number of carbonyl (C=O) groups is 1. The van der Waals surface area contributed by atoms with Gasteiger partial charge in [-0.15, -0.1) is 11.8 Å². The molecule has 7 heteroatoms. The second-order valence-electron chi connectivity index (χ2n) is 4.85. The van der Waals surface area contributed by atoms with Gasteiger partial charge in [0.25, 0.3) is 0 Å². The molecule has 0 saturated heterocycles. The summed E-state index contributed by atoms with van der Waals surface area (Å²) in [4.78, 5) is 11.7. The molecule has 0 radical (unpaired) electrons. The van der Waals surface area contributed by atoms with Gasteiger partial charge in [-0.3, -0.25) is 4.79 Å². The average molecular weight is 388 g/mol. The van der Waals surface area contributed by atoms with Crippen molar-refractivity contribution in [3.63, 3.8) is 0 Å². The lowest BCUT2D eigenvalue weighted by atomic mass is 10.2. The summed E-state index contributed by atoms with van der Waals surface area (Å²) in [7, 11) is 0. The lowest BCUT2D eigenvalue weighted by Gasteiger charge is -2.08. The molecule has 128 valence electrons. The van der Waals surface area contributed by atoms with Gasteiger partial charge in [0.05, 0.1) is 12.3 Å². The van der Waals surface area contributed by atoms with Crippen molar-refractivity contribution in [2.75, 3.05) is 18.9 Å². The lowest BCUT2D eigenvalue weighted by Crippen LogP contribution is -2.29. The van der Waals surface area contributed by atoms with E-state index in [1.807, 2.05) is 0 Å². The molecule has 3 nitrogen and oxygen atoms in total. The zero-order chi connectivity index (χ0) is 17.4. The number of ether oxygens (including phenoxy) is 1. The highest BCUT2D eigenvalue weighted by Crippen LogP contribution is 2.23. The van der Waals surface area contributed by atoms with Crippen LogP contribution in [0, 0.1) is 5.82 Å². The Morgan fingerprint density at radius 1 is 1.17 bits per heavy atom. The van der Waals surface area contributed by atoms with E-state index in [2.05, 4.69) is 5.32 Å². The largest absolute Gasteiger partial charge is 0.492 e. The summed E-state index contributed by atoms with van der Waals surface area (Å²) in [6.45, 7) is 0.750. The number of halogens is 3. The fourth-order valence-electron chi connectivity index (χ4n) is 1.86. The summed E-state index contributed by atoms with van der Waals surface area (Å²) >= 11 is 13.0. The Balaban J connectivity index is 1.62. The van der Waals surface area contributed by atoms with Gasteiger partial charge in [-0.1, -0.05) is 29.3 Å². The van der Waals surface area contributed by atoms with Crippen molar-refractivity contribution in [2.24, 2.45) is 0 Å². The molecule has 0 aliphatic carbocycles. The van der Waals surface area contributed by atoms with Crippen molar-refractivity contribution < 1.29 is 13.9 Å². The Hall–Kier alpha value is -1.43. The summed E-state index contributed by atoms with van der Waals surface area (Å²) < 4.78 is 19.1. The molecule has 1 N–H and O–H groups in total. The molecule has 0 spiro atoms. The molecular formula is C17H16Cl2FNO2S. The van der Waals surface area contributed by atoms with Crippen LogP contribution in [0.15, 0.2) is 42.5 Å². The quantitative estimate of drug-likeness (QED) is 0.674. The van der Waals surface area contributed by atoms with Crippen molar-refractivity contribution >= 4 is 40.9 Å². The van der Waals surface area contributed by atoms with Crippen molar-refractivity contribution in [1.82, 2.24) is 5.32 Å². The number of amides is 1. The van der Waals surface area contributed by atoms with Gasteiger partial charge in [0.15, 0.2) is 0 Å². The predicted molar refractivity (Wildman–Crippen MR) is 97.5 cm³/mol. The van der Waals surface area contributed by atoms with Crippen LogP contribution >= 0.6 is 35.0 Å². The van der Waals surface area contributed by atoms with E-state index in [0.717, 1.165) is 0 Å². The second kappa shape index (κ2) is 9.77. The topological polar surface area (TPSA) is 38.3 Å². The third kappa shape index (κ3) is 6.23. The molecular weight excluding hydrogens is 372 g/mol.